The molecule has 4 rings (SSSR count). The van der Waals surface area contributed by atoms with Crippen molar-refractivity contribution in [2.75, 3.05) is 7.05 Å². The number of urea groups is 1. The summed E-state index contributed by atoms with van der Waals surface area (Å²) in [4.78, 5) is 92.2. The van der Waals surface area contributed by atoms with Gasteiger partial charge in [0, 0.05) is 38.4 Å². The minimum Gasteiger partial charge on any atom is -0.508 e. The average Bonchev–Trinajstić information content (AvgIpc) is 3.51. The molecule has 0 spiro atoms. The first-order valence-corrected chi connectivity index (χ1v) is 17.1. The van der Waals surface area contributed by atoms with Gasteiger partial charge in [-0.3, -0.25) is 28.7 Å². The number of carboxylic acid groups (broad SMARTS) is 1. The molecule has 2 aromatic carbocycles. The van der Waals surface area contributed by atoms with Crippen molar-refractivity contribution >= 4 is 29.7 Å². The first-order chi connectivity index (χ1) is 26.0. The van der Waals surface area contributed by atoms with Crippen LogP contribution in [0.25, 0.3) is 0 Å². The molecule has 0 radical (unpaired) electrons. The number of phenolic OH excluding ortho intramolecular Hbond substituents is 1. The van der Waals surface area contributed by atoms with Crippen molar-refractivity contribution in [2.45, 2.75) is 75.7 Å². The second kappa shape index (κ2) is 18.5. The first-order valence-electron chi connectivity index (χ1n) is 17.1. The van der Waals surface area contributed by atoms with Gasteiger partial charge in [0.1, 0.15) is 35.7 Å². The molecule has 4 unspecified atom stereocenters. The number of amides is 5. The Labute approximate surface area is 314 Å². The fraction of sp³-hybridized carbons (Fsp3) is 0.361. The van der Waals surface area contributed by atoms with E-state index in [1.165, 1.54) is 33.0 Å². The van der Waals surface area contributed by atoms with Crippen LogP contribution in [0.2, 0.25) is 0 Å². The Morgan fingerprint density at radius 3 is 2.33 bits per heavy atom. The number of aromatic hydroxyl groups is 1. The lowest BCUT2D eigenvalue weighted by molar-refractivity contribution is -0.139. The number of hydrogen-bond acceptors (Lipinski definition) is 11. The van der Waals surface area contributed by atoms with Crippen LogP contribution in [0.4, 0.5) is 4.79 Å². The van der Waals surface area contributed by atoms with Crippen molar-refractivity contribution in [1.82, 2.24) is 35.7 Å². The molecule has 294 valence electrons. The largest absolute Gasteiger partial charge is 0.508 e. The molecule has 55 heavy (non-hydrogen) atoms. The van der Waals surface area contributed by atoms with Crippen LogP contribution in [0.3, 0.4) is 0 Å². The van der Waals surface area contributed by atoms with Gasteiger partial charge < -0.3 is 52.0 Å². The van der Waals surface area contributed by atoms with Crippen LogP contribution in [-0.2, 0) is 36.8 Å². The van der Waals surface area contributed by atoms with Crippen LogP contribution in [0, 0.1) is 0 Å². The Kier molecular flexibility index (Phi) is 13.9. The number of benzene rings is 2. The van der Waals surface area contributed by atoms with Gasteiger partial charge in [-0.15, -0.1) is 0 Å². The molecule has 1 aliphatic rings. The van der Waals surface area contributed by atoms with E-state index in [9.17, 15) is 48.9 Å². The van der Waals surface area contributed by atoms with Crippen LogP contribution in [0.15, 0.2) is 88.4 Å². The summed E-state index contributed by atoms with van der Waals surface area (Å²) in [6, 6.07) is 8.54. The van der Waals surface area contributed by atoms with E-state index < -0.39 is 83.5 Å². The van der Waals surface area contributed by atoms with Gasteiger partial charge in [0.25, 0.3) is 5.56 Å². The predicted molar refractivity (Wildman–Crippen MR) is 195 cm³/mol. The number of ether oxygens (including phenoxy) is 1. The minimum absolute atomic E-state index is 0.0191. The number of nitrogens with two attached hydrogens (primary N) is 1. The second-order valence-electron chi connectivity index (χ2n) is 13.0. The number of rotatable bonds is 15. The number of carboxylic acids is 1. The van der Waals surface area contributed by atoms with Gasteiger partial charge in [-0.2, -0.15) is 0 Å². The molecule has 0 aliphatic carbocycles. The maximum atomic E-state index is 13.7. The highest BCUT2D eigenvalue weighted by atomic mass is 16.5. The van der Waals surface area contributed by atoms with Crippen molar-refractivity contribution in [2.24, 2.45) is 5.73 Å². The fourth-order valence-electron chi connectivity index (χ4n) is 5.70. The van der Waals surface area contributed by atoms with Gasteiger partial charge in [0.15, 0.2) is 0 Å². The Hall–Kier alpha value is -6.47. The molecule has 2 heterocycles. The summed E-state index contributed by atoms with van der Waals surface area (Å²) in [7, 11) is 1.37. The van der Waals surface area contributed by atoms with Gasteiger partial charge in [-0.25, -0.2) is 14.4 Å². The maximum absolute atomic E-state index is 13.7. The molecule has 0 saturated carbocycles. The molecular weight excluding hydrogens is 720 g/mol. The first kappa shape index (κ1) is 41.3. The molecule has 3 aromatic rings. The summed E-state index contributed by atoms with van der Waals surface area (Å²) in [5.41, 5.74) is 5.95. The Morgan fingerprint density at radius 1 is 0.982 bits per heavy atom. The molecule has 1 aromatic heterocycles. The summed E-state index contributed by atoms with van der Waals surface area (Å²) < 4.78 is 6.62. The Bertz CT molecular complexity index is 2020. The lowest BCUT2D eigenvalue weighted by Gasteiger charge is -2.33. The number of aliphatic hydroxyl groups is 1. The monoisotopic (exact) mass is 764 g/mol. The molecule has 7 atom stereocenters. The van der Waals surface area contributed by atoms with E-state index in [2.05, 4.69) is 26.3 Å². The van der Waals surface area contributed by atoms with Crippen molar-refractivity contribution in [3.63, 3.8) is 0 Å². The third-order valence-electron chi connectivity index (χ3n) is 8.84. The van der Waals surface area contributed by atoms with E-state index in [1.807, 2.05) is 0 Å². The zero-order valence-corrected chi connectivity index (χ0v) is 30.2. The molecule has 19 heteroatoms. The molecule has 19 nitrogen and oxygen atoms in total. The van der Waals surface area contributed by atoms with E-state index in [0.29, 0.717) is 11.1 Å². The van der Waals surface area contributed by atoms with E-state index in [4.69, 9.17) is 10.5 Å². The molecular formula is C36H44N8O11. The van der Waals surface area contributed by atoms with Gasteiger partial charge in [0.2, 0.25) is 23.9 Å². The highest BCUT2D eigenvalue weighted by molar-refractivity contribution is 5.93. The number of carbonyl (C=O) groups is 5. The number of H-pyrrole nitrogens is 1. The van der Waals surface area contributed by atoms with Crippen LogP contribution in [0.5, 0.6) is 5.75 Å². The Morgan fingerprint density at radius 2 is 1.67 bits per heavy atom. The molecule has 1 saturated heterocycles. The van der Waals surface area contributed by atoms with E-state index in [0.717, 1.165) is 27.9 Å². The molecule has 1 fully saturated rings. The normalized spacial score (nSPS) is 18.5. The van der Waals surface area contributed by atoms with Crippen molar-refractivity contribution in [3.05, 3.63) is 111 Å². The van der Waals surface area contributed by atoms with Crippen molar-refractivity contribution in [3.8, 4) is 5.75 Å². The minimum atomic E-state index is -1.49. The summed E-state index contributed by atoms with van der Waals surface area (Å²) in [5, 5.41) is 39.7. The number of hydrogen-bond donors (Lipinski definition) is 9. The van der Waals surface area contributed by atoms with Gasteiger partial charge in [-0.05, 0) is 43.5 Å². The van der Waals surface area contributed by atoms with Crippen LogP contribution in [0.1, 0.15) is 37.6 Å². The third-order valence-corrected chi connectivity index (χ3v) is 8.84. The Balaban J connectivity index is 1.49. The number of aromatic amines is 1. The van der Waals surface area contributed by atoms with Crippen LogP contribution >= 0.6 is 0 Å². The van der Waals surface area contributed by atoms with Crippen molar-refractivity contribution in [1.29, 1.82) is 0 Å². The summed E-state index contributed by atoms with van der Waals surface area (Å²) in [5.74, 6) is -3.63. The average molecular weight is 765 g/mol. The molecule has 1 aliphatic heterocycles. The highest BCUT2D eigenvalue weighted by Gasteiger charge is 2.36. The number of aromatic nitrogens is 2. The van der Waals surface area contributed by atoms with E-state index in [-0.39, 0.29) is 30.8 Å². The number of nitrogens with one attached hydrogen (secondary N) is 5. The number of phenols is 1. The lowest BCUT2D eigenvalue weighted by atomic mass is 10.0. The fourth-order valence-corrected chi connectivity index (χ4v) is 5.70. The highest BCUT2D eigenvalue weighted by Crippen LogP contribution is 2.29. The standard InChI is InChI=1S/C36H44N8O11/c1-19(39-35(53)40-26(34(51)52)16-21-8-5-4-6-9-21)30(48)42-29(20(2)43(3)32(50)25(37)15-22-10-7-11-23(45)14-22)31(49)38-18-24-17-27(46)33(55-24)44-13-12-28(47)41-36(44)54/h4-14,18-20,25-27,29,33,45-46H,15-17,37H2,1-3H3,(H,38,49)(H,42,48)(H,51,52)(H2,39,40,53)(H,41,47,54)/b24-18-/t19-,20?,25-,26-,27?,29?,33?/m0/s1. The predicted octanol–water partition coefficient (Wildman–Crippen LogP) is -1.24. The SMILES string of the molecule is CC(C(NC(=O)[C@H](C)NC(=O)N[C@@H](Cc1ccccc1)C(=O)O)C(=O)N/C=C1/CC(O)C(n2ccc(=O)[nH]c2=O)O1)N(C)C(=O)[C@@H](N)Cc1cccc(O)c1. The molecule has 10 N–H and O–H groups in total. The number of carbonyl (C=O) groups excluding carboxylic acids is 4. The quantitative estimate of drug-likeness (QED) is 0.0879. The smallest absolute Gasteiger partial charge is 0.331 e. The van der Waals surface area contributed by atoms with Crippen LogP contribution < -0.4 is 38.2 Å². The lowest BCUT2D eigenvalue weighted by Crippen LogP contribution is -2.61. The summed E-state index contributed by atoms with van der Waals surface area (Å²) >= 11 is 0. The van der Waals surface area contributed by atoms with Gasteiger partial charge in [0.05, 0.1) is 12.1 Å². The van der Waals surface area contributed by atoms with Gasteiger partial charge in [-0.1, -0.05) is 42.5 Å². The maximum Gasteiger partial charge on any atom is 0.331 e. The third kappa shape index (κ3) is 11.3. The number of nitrogens with zero attached hydrogens (tertiary/aromatic N) is 2. The van der Waals surface area contributed by atoms with E-state index >= 15 is 0 Å². The number of aliphatic hydroxyl groups excluding tert-OH is 1. The zero-order chi connectivity index (χ0) is 40.4. The summed E-state index contributed by atoms with van der Waals surface area (Å²) in [6.07, 6.45) is -0.370. The summed E-state index contributed by atoms with van der Waals surface area (Å²) in [6.45, 7) is 2.77. The van der Waals surface area contributed by atoms with E-state index in [1.54, 1.807) is 42.5 Å². The molecule has 5 amide bonds. The topological polar surface area (TPSA) is 288 Å². The number of likely N-dealkylation sites (N-methyl/N-ethyl adjacent to an activating group) is 1. The van der Waals surface area contributed by atoms with Gasteiger partial charge >= 0.3 is 17.7 Å². The molecule has 0 bridgehead atoms. The zero-order valence-electron chi connectivity index (χ0n) is 30.2. The second-order valence-corrected chi connectivity index (χ2v) is 13.0. The van der Waals surface area contributed by atoms with Crippen molar-refractivity contribution < 1.29 is 44.0 Å². The van der Waals surface area contributed by atoms with Crippen LogP contribution in [-0.4, -0.2) is 103 Å². The number of aliphatic carboxylic acids is 1.